The molecule has 0 aliphatic carbocycles. The largest absolute Gasteiger partial charge is 0.376 e. The Morgan fingerprint density at radius 3 is 2.37 bits per heavy atom. The maximum atomic E-state index is 12.2. The number of rotatable bonds is 11. The summed E-state index contributed by atoms with van der Waals surface area (Å²) in [7, 11) is 0. The van der Waals surface area contributed by atoms with E-state index >= 15 is 0 Å². The van der Waals surface area contributed by atoms with Crippen LogP contribution < -0.4 is 5.32 Å². The molecule has 27 heavy (non-hydrogen) atoms. The van der Waals surface area contributed by atoms with Crippen LogP contribution in [0.4, 0.5) is 0 Å². The van der Waals surface area contributed by atoms with Gasteiger partial charge in [-0.3, -0.25) is 4.79 Å². The first kappa shape index (κ1) is 20.9. The van der Waals surface area contributed by atoms with Crippen LogP contribution in [0, 0.1) is 5.92 Å². The van der Waals surface area contributed by atoms with Crippen LogP contribution in [0.25, 0.3) is 0 Å². The third kappa shape index (κ3) is 8.23. The number of amides is 1. The summed E-state index contributed by atoms with van der Waals surface area (Å²) in [5.41, 5.74) is 1.88. The van der Waals surface area contributed by atoms with Gasteiger partial charge in [-0.2, -0.15) is 0 Å². The molecule has 0 saturated carbocycles. The zero-order chi connectivity index (χ0) is 19.3. The molecular formula is C24H31NO2. The molecule has 3 nitrogen and oxygen atoms in total. The van der Waals surface area contributed by atoms with E-state index < -0.39 is 0 Å². The standard InChI is InChI=1S/C24H31NO2/c1-3-4-11-22(19-27-18-21-12-7-5-8-13-21)17-16-20(2)25-24(26)23-14-9-6-10-15-23/h5-10,12-17,20,22H,3-4,11,18-19H2,1-2H3,(H,25,26)/b17-16+/t20-,22-/m1/s1. The van der Waals surface area contributed by atoms with Crippen LogP contribution >= 0.6 is 0 Å². The van der Waals surface area contributed by atoms with Gasteiger partial charge in [-0.25, -0.2) is 0 Å². The molecule has 2 rings (SSSR count). The van der Waals surface area contributed by atoms with Crippen LogP contribution in [0.2, 0.25) is 0 Å². The Morgan fingerprint density at radius 1 is 1.04 bits per heavy atom. The van der Waals surface area contributed by atoms with Crippen LogP contribution in [0.15, 0.2) is 72.8 Å². The summed E-state index contributed by atoms with van der Waals surface area (Å²) < 4.78 is 5.92. The normalized spacial score (nSPS) is 13.4. The first-order valence-corrected chi connectivity index (χ1v) is 9.85. The summed E-state index contributed by atoms with van der Waals surface area (Å²) in [4.78, 5) is 12.2. The van der Waals surface area contributed by atoms with Gasteiger partial charge in [0.05, 0.1) is 13.2 Å². The second kappa shape index (κ2) is 12.1. The number of carbonyl (C=O) groups is 1. The lowest BCUT2D eigenvalue weighted by Crippen LogP contribution is -2.31. The Kier molecular flexibility index (Phi) is 9.36. The van der Waals surface area contributed by atoms with E-state index in [1.165, 1.54) is 18.4 Å². The minimum atomic E-state index is -0.0433. The predicted octanol–water partition coefficient (Wildman–Crippen LogP) is 5.38. The highest BCUT2D eigenvalue weighted by Crippen LogP contribution is 2.13. The van der Waals surface area contributed by atoms with Crippen molar-refractivity contribution in [3.05, 3.63) is 83.9 Å². The van der Waals surface area contributed by atoms with Gasteiger partial charge in [-0.05, 0) is 31.0 Å². The van der Waals surface area contributed by atoms with Crippen molar-refractivity contribution in [1.29, 1.82) is 0 Å². The van der Waals surface area contributed by atoms with Crippen LogP contribution in [-0.2, 0) is 11.3 Å². The Balaban J connectivity index is 1.82. The Morgan fingerprint density at radius 2 is 1.70 bits per heavy atom. The molecule has 0 radical (unpaired) electrons. The van der Waals surface area contributed by atoms with Crippen molar-refractivity contribution in [1.82, 2.24) is 5.32 Å². The second-order valence-corrected chi connectivity index (χ2v) is 6.92. The lowest BCUT2D eigenvalue weighted by molar-refractivity contribution is 0.0944. The first-order chi connectivity index (χ1) is 13.2. The molecule has 0 aliphatic rings. The van der Waals surface area contributed by atoms with Crippen molar-refractivity contribution >= 4 is 5.91 Å². The Hall–Kier alpha value is -2.39. The molecule has 2 aromatic rings. The van der Waals surface area contributed by atoms with E-state index in [4.69, 9.17) is 4.74 Å². The molecule has 0 saturated heterocycles. The topological polar surface area (TPSA) is 38.3 Å². The zero-order valence-electron chi connectivity index (χ0n) is 16.4. The van der Waals surface area contributed by atoms with Gasteiger partial charge in [0.15, 0.2) is 0 Å². The van der Waals surface area contributed by atoms with E-state index in [0.717, 1.165) is 6.42 Å². The number of unbranched alkanes of at least 4 members (excludes halogenated alkanes) is 1. The number of hydrogen-bond acceptors (Lipinski definition) is 2. The summed E-state index contributed by atoms with van der Waals surface area (Å²) in [5, 5.41) is 3.02. The molecule has 0 heterocycles. The maximum absolute atomic E-state index is 12.2. The Bertz CT molecular complexity index is 682. The summed E-state index contributed by atoms with van der Waals surface area (Å²) in [6.07, 6.45) is 7.71. The van der Waals surface area contributed by atoms with Gasteiger partial charge >= 0.3 is 0 Å². The average Bonchev–Trinajstić information content (AvgIpc) is 2.71. The van der Waals surface area contributed by atoms with Crippen molar-refractivity contribution in [3.8, 4) is 0 Å². The van der Waals surface area contributed by atoms with Gasteiger partial charge in [0.2, 0.25) is 0 Å². The lowest BCUT2D eigenvalue weighted by Gasteiger charge is -2.15. The van der Waals surface area contributed by atoms with Crippen LogP contribution in [0.1, 0.15) is 49.0 Å². The van der Waals surface area contributed by atoms with Crippen molar-refractivity contribution < 1.29 is 9.53 Å². The van der Waals surface area contributed by atoms with Crippen molar-refractivity contribution in [3.63, 3.8) is 0 Å². The molecule has 0 aromatic heterocycles. The van der Waals surface area contributed by atoms with Crippen molar-refractivity contribution in [2.75, 3.05) is 6.61 Å². The quantitative estimate of drug-likeness (QED) is 0.543. The van der Waals surface area contributed by atoms with Crippen LogP contribution in [0.5, 0.6) is 0 Å². The molecule has 0 aliphatic heterocycles. The number of nitrogens with one attached hydrogen (secondary N) is 1. The van der Waals surface area contributed by atoms with Crippen LogP contribution in [-0.4, -0.2) is 18.6 Å². The van der Waals surface area contributed by atoms with Gasteiger partial charge < -0.3 is 10.1 Å². The van der Waals surface area contributed by atoms with E-state index in [1.54, 1.807) is 0 Å². The van der Waals surface area contributed by atoms with E-state index in [1.807, 2.05) is 55.5 Å². The minimum Gasteiger partial charge on any atom is -0.376 e. The highest BCUT2D eigenvalue weighted by atomic mass is 16.5. The molecule has 2 aromatic carbocycles. The fourth-order valence-corrected chi connectivity index (χ4v) is 2.86. The number of carbonyl (C=O) groups excluding carboxylic acids is 1. The molecule has 2 atom stereocenters. The third-order valence-electron chi connectivity index (χ3n) is 4.44. The first-order valence-electron chi connectivity index (χ1n) is 9.85. The van der Waals surface area contributed by atoms with E-state index in [2.05, 4.69) is 36.5 Å². The highest BCUT2D eigenvalue weighted by molar-refractivity contribution is 5.94. The van der Waals surface area contributed by atoms with Gasteiger partial charge in [0.25, 0.3) is 5.91 Å². The molecule has 1 amide bonds. The zero-order valence-corrected chi connectivity index (χ0v) is 16.4. The SMILES string of the molecule is CCCC[C@H](/C=C/[C@@H](C)NC(=O)c1ccccc1)COCc1ccccc1. The Labute approximate surface area is 163 Å². The molecule has 0 bridgehead atoms. The summed E-state index contributed by atoms with van der Waals surface area (Å²) in [6, 6.07) is 19.5. The molecule has 0 fully saturated rings. The molecule has 1 N–H and O–H groups in total. The number of benzene rings is 2. The highest BCUT2D eigenvalue weighted by Gasteiger charge is 2.09. The van der Waals surface area contributed by atoms with Gasteiger partial charge in [-0.15, -0.1) is 0 Å². The molecule has 3 heteroatoms. The van der Waals surface area contributed by atoms with E-state index in [-0.39, 0.29) is 11.9 Å². The van der Waals surface area contributed by atoms with E-state index in [0.29, 0.717) is 24.7 Å². The molecule has 0 spiro atoms. The number of ether oxygens (including phenoxy) is 1. The smallest absolute Gasteiger partial charge is 0.251 e. The lowest BCUT2D eigenvalue weighted by atomic mass is 10.0. The third-order valence-corrected chi connectivity index (χ3v) is 4.44. The summed E-state index contributed by atoms with van der Waals surface area (Å²) in [5.74, 6) is 0.322. The second-order valence-electron chi connectivity index (χ2n) is 6.92. The number of hydrogen-bond donors (Lipinski definition) is 1. The monoisotopic (exact) mass is 365 g/mol. The predicted molar refractivity (Wildman–Crippen MR) is 112 cm³/mol. The van der Waals surface area contributed by atoms with Gasteiger partial charge in [0.1, 0.15) is 0 Å². The fraction of sp³-hybridized carbons (Fsp3) is 0.375. The fourth-order valence-electron chi connectivity index (χ4n) is 2.86. The average molecular weight is 366 g/mol. The van der Waals surface area contributed by atoms with Gasteiger partial charge in [-0.1, -0.05) is 80.4 Å². The van der Waals surface area contributed by atoms with Crippen LogP contribution in [0.3, 0.4) is 0 Å². The summed E-state index contributed by atoms with van der Waals surface area (Å²) in [6.45, 7) is 5.54. The van der Waals surface area contributed by atoms with Gasteiger partial charge in [0, 0.05) is 17.5 Å². The molecular weight excluding hydrogens is 334 g/mol. The van der Waals surface area contributed by atoms with Crippen molar-refractivity contribution in [2.45, 2.75) is 45.8 Å². The maximum Gasteiger partial charge on any atom is 0.251 e. The van der Waals surface area contributed by atoms with Crippen molar-refractivity contribution in [2.24, 2.45) is 5.92 Å². The van der Waals surface area contributed by atoms with E-state index in [9.17, 15) is 4.79 Å². The summed E-state index contributed by atoms with van der Waals surface area (Å²) >= 11 is 0. The molecule has 0 unspecified atom stereocenters. The minimum absolute atomic E-state index is 0.0176. The molecule has 144 valence electrons.